The number of hydrogen-bond donors (Lipinski definition) is 1. The van der Waals surface area contributed by atoms with Crippen LogP contribution in [0.3, 0.4) is 0 Å². The number of fused-ring (bicyclic) bond motifs is 2. The summed E-state index contributed by atoms with van der Waals surface area (Å²) in [5.74, 6) is -0.121. The lowest BCUT2D eigenvalue weighted by Gasteiger charge is -2.62. The largest absolute Gasteiger partial charge is 0.461 e. The van der Waals surface area contributed by atoms with Crippen LogP contribution in [0, 0.1) is 34.0 Å². The van der Waals surface area contributed by atoms with E-state index in [-0.39, 0.29) is 34.9 Å². The molecule has 1 heterocycles. The fraction of sp³-hybridized carbons (Fsp3) is 0.783. The number of amides is 1. The maximum absolute atomic E-state index is 13.3. The number of alkyl carbamates (subject to hydrolysis) is 1. The van der Waals surface area contributed by atoms with Crippen LogP contribution in [0.2, 0.25) is 0 Å². The molecule has 0 aromatic heterocycles. The first-order chi connectivity index (χ1) is 13.5. The predicted molar refractivity (Wildman–Crippen MR) is 107 cm³/mol. The number of ether oxygens (including phenoxy) is 2. The minimum absolute atomic E-state index is 0.0453. The van der Waals surface area contributed by atoms with Crippen molar-refractivity contribution < 1.29 is 23.9 Å². The molecule has 9 atom stereocenters. The molecule has 0 aromatic rings. The van der Waals surface area contributed by atoms with E-state index in [0.717, 1.165) is 19.3 Å². The Morgan fingerprint density at radius 2 is 1.97 bits per heavy atom. The second-order valence-electron chi connectivity index (χ2n) is 10.3. The van der Waals surface area contributed by atoms with Gasteiger partial charge < -0.3 is 14.8 Å². The number of carbonyl (C=O) groups excluding carboxylic acids is 3. The van der Waals surface area contributed by atoms with Gasteiger partial charge in [-0.25, -0.2) is 4.79 Å². The summed E-state index contributed by atoms with van der Waals surface area (Å²) < 4.78 is 11.9. The molecule has 1 amide bonds. The van der Waals surface area contributed by atoms with Crippen molar-refractivity contribution in [2.75, 3.05) is 0 Å². The van der Waals surface area contributed by atoms with Crippen molar-refractivity contribution in [2.24, 2.45) is 34.0 Å². The Morgan fingerprint density at radius 3 is 2.59 bits per heavy atom. The van der Waals surface area contributed by atoms with Gasteiger partial charge in [0.25, 0.3) is 0 Å². The van der Waals surface area contributed by atoms with Crippen molar-refractivity contribution in [1.82, 2.24) is 5.32 Å². The van der Waals surface area contributed by atoms with Gasteiger partial charge in [-0.3, -0.25) is 9.59 Å². The van der Waals surface area contributed by atoms with Gasteiger partial charge in [-0.05, 0) is 30.6 Å². The van der Waals surface area contributed by atoms with Crippen LogP contribution in [-0.2, 0) is 19.1 Å². The molecule has 0 spiro atoms. The molecular weight excluding hydrogens is 370 g/mol. The third-order valence-corrected chi connectivity index (χ3v) is 9.26. The molecule has 2 bridgehead atoms. The summed E-state index contributed by atoms with van der Waals surface area (Å²) in [5.41, 5.74) is -1.46. The smallest absolute Gasteiger partial charge is 0.407 e. The number of rotatable bonds is 2. The van der Waals surface area contributed by atoms with Crippen LogP contribution in [0.25, 0.3) is 0 Å². The van der Waals surface area contributed by atoms with Crippen LogP contribution in [-0.4, -0.2) is 36.1 Å². The Balaban J connectivity index is 1.99. The van der Waals surface area contributed by atoms with Crippen LogP contribution in [0.15, 0.2) is 12.7 Å². The SMILES string of the molecule is C=C[C@@]1(C)C(OC(C)=O)[C@@H](C)C23CCC(=O)C2[C@@](C)(C(C)CC3)[C@H]2OC(=O)NC21. The monoisotopic (exact) mass is 403 g/mol. The molecule has 6 nitrogen and oxygen atoms in total. The Hall–Kier alpha value is -1.85. The van der Waals surface area contributed by atoms with Crippen molar-refractivity contribution >= 4 is 17.8 Å². The van der Waals surface area contributed by atoms with Crippen LogP contribution in [0.5, 0.6) is 0 Å². The average Bonchev–Trinajstić information content (AvgIpc) is 3.23. The normalized spacial score (nSPS) is 51.1. The van der Waals surface area contributed by atoms with Crippen molar-refractivity contribution in [2.45, 2.75) is 78.6 Å². The highest BCUT2D eigenvalue weighted by Crippen LogP contribution is 2.68. The van der Waals surface area contributed by atoms with Crippen molar-refractivity contribution in [3.05, 3.63) is 12.7 Å². The van der Waals surface area contributed by atoms with Crippen LogP contribution >= 0.6 is 0 Å². The minimum Gasteiger partial charge on any atom is -0.461 e. The third-order valence-electron chi connectivity index (χ3n) is 9.26. The van der Waals surface area contributed by atoms with E-state index in [0.29, 0.717) is 6.42 Å². The summed E-state index contributed by atoms with van der Waals surface area (Å²) in [6.07, 6.45) is 3.56. The second-order valence-corrected chi connectivity index (χ2v) is 10.3. The van der Waals surface area contributed by atoms with Gasteiger partial charge in [0.1, 0.15) is 18.0 Å². The molecule has 1 aliphatic heterocycles. The van der Waals surface area contributed by atoms with E-state index in [1.54, 1.807) is 6.08 Å². The number of esters is 1. The van der Waals surface area contributed by atoms with Gasteiger partial charge in [0.05, 0.1) is 6.04 Å². The minimum atomic E-state index is -0.718. The van der Waals surface area contributed by atoms with Gasteiger partial charge in [-0.15, -0.1) is 6.58 Å². The third kappa shape index (κ3) is 2.43. The lowest BCUT2D eigenvalue weighted by Crippen LogP contribution is -2.68. The van der Waals surface area contributed by atoms with Crippen molar-refractivity contribution in [1.29, 1.82) is 0 Å². The number of hydrogen-bond acceptors (Lipinski definition) is 5. The number of ketones is 1. The van der Waals surface area contributed by atoms with Gasteiger partial charge in [-0.2, -0.15) is 0 Å². The zero-order valence-electron chi connectivity index (χ0n) is 18.1. The van der Waals surface area contributed by atoms with Crippen molar-refractivity contribution in [3.63, 3.8) is 0 Å². The summed E-state index contributed by atoms with van der Waals surface area (Å²) in [7, 11) is 0. The van der Waals surface area contributed by atoms with Gasteiger partial charge in [0, 0.05) is 36.0 Å². The maximum Gasteiger partial charge on any atom is 0.407 e. The highest BCUT2D eigenvalue weighted by Gasteiger charge is 2.72. The molecule has 0 aromatic carbocycles. The first kappa shape index (κ1) is 20.4. The highest BCUT2D eigenvalue weighted by atomic mass is 16.6. The van der Waals surface area contributed by atoms with Gasteiger partial charge in [-0.1, -0.05) is 33.8 Å². The van der Waals surface area contributed by atoms with E-state index in [1.165, 1.54) is 6.92 Å². The molecule has 4 fully saturated rings. The van der Waals surface area contributed by atoms with Crippen LogP contribution in [0.1, 0.15) is 60.3 Å². The van der Waals surface area contributed by atoms with Crippen LogP contribution in [0.4, 0.5) is 4.79 Å². The number of Topliss-reactive ketones (excluding diaryl/α,β-unsaturated/α-hetero) is 1. The fourth-order valence-corrected chi connectivity index (χ4v) is 7.50. The predicted octanol–water partition coefficient (Wildman–Crippen LogP) is 3.64. The first-order valence-electron chi connectivity index (χ1n) is 10.8. The number of nitrogens with one attached hydrogen (secondary N) is 1. The molecule has 29 heavy (non-hydrogen) atoms. The highest BCUT2D eigenvalue weighted by molar-refractivity contribution is 5.86. The summed E-state index contributed by atoms with van der Waals surface area (Å²) in [5, 5.41) is 3.00. The lowest BCUT2D eigenvalue weighted by molar-refractivity contribution is -0.200. The Morgan fingerprint density at radius 1 is 1.28 bits per heavy atom. The summed E-state index contributed by atoms with van der Waals surface area (Å²) in [6.45, 7) is 13.9. The Bertz CT molecular complexity index is 779. The van der Waals surface area contributed by atoms with E-state index in [2.05, 4.69) is 32.7 Å². The molecule has 1 saturated heterocycles. The molecule has 0 radical (unpaired) electrons. The molecule has 3 aliphatic carbocycles. The summed E-state index contributed by atoms with van der Waals surface area (Å²) >= 11 is 0. The zero-order valence-corrected chi connectivity index (χ0v) is 18.1. The molecule has 6 heteroatoms. The Kier molecular flexibility index (Phi) is 4.45. The molecule has 4 rings (SSSR count). The second kappa shape index (κ2) is 6.32. The standard InChI is InChI=1S/C23H33NO5/c1-7-21(5)17-19(29-20(27)24-17)22(6)12(2)8-10-23(11-9-15(26)16(22)23)13(3)18(21)28-14(4)25/h7,12-13,16-19H,1,8-11H2,2-6H3,(H,24,27)/t12?,13-,16?,17?,18?,19+,21-,22-,23?/m1/s1. The van der Waals surface area contributed by atoms with E-state index >= 15 is 0 Å². The quantitative estimate of drug-likeness (QED) is 0.562. The van der Waals surface area contributed by atoms with E-state index in [1.807, 2.05) is 6.92 Å². The topological polar surface area (TPSA) is 81.7 Å². The number of carbonyl (C=O) groups is 3. The summed E-state index contributed by atoms with van der Waals surface area (Å²) in [4.78, 5) is 37.9. The zero-order chi connectivity index (χ0) is 21.4. The summed E-state index contributed by atoms with van der Waals surface area (Å²) in [6, 6.07) is -0.420. The van der Waals surface area contributed by atoms with E-state index < -0.39 is 35.2 Å². The maximum atomic E-state index is 13.3. The van der Waals surface area contributed by atoms with Gasteiger partial charge in [0.2, 0.25) is 0 Å². The molecule has 5 unspecified atom stereocenters. The molecule has 160 valence electrons. The van der Waals surface area contributed by atoms with E-state index in [9.17, 15) is 14.4 Å². The molecule has 1 N–H and O–H groups in total. The van der Waals surface area contributed by atoms with Gasteiger partial charge >= 0.3 is 12.1 Å². The lowest BCUT2D eigenvalue weighted by atomic mass is 9.43. The molecule has 3 saturated carbocycles. The first-order valence-corrected chi connectivity index (χ1v) is 10.8. The van der Waals surface area contributed by atoms with Crippen molar-refractivity contribution in [3.8, 4) is 0 Å². The molecular formula is C23H33NO5. The molecule has 4 aliphatic rings. The van der Waals surface area contributed by atoms with Gasteiger partial charge in [0.15, 0.2) is 0 Å². The van der Waals surface area contributed by atoms with E-state index in [4.69, 9.17) is 9.47 Å². The Labute approximate surface area is 172 Å². The van der Waals surface area contributed by atoms with Crippen LogP contribution < -0.4 is 5.32 Å². The average molecular weight is 404 g/mol. The fourth-order valence-electron chi connectivity index (χ4n) is 7.50.